The van der Waals surface area contributed by atoms with Crippen molar-refractivity contribution in [1.82, 2.24) is 0 Å². The average Bonchev–Trinajstić information content (AvgIpc) is 3.29. The first-order chi connectivity index (χ1) is 16.1. The second-order valence-electron chi connectivity index (χ2n) is 8.45. The summed E-state index contributed by atoms with van der Waals surface area (Å²) in [6.45, 7) is 22.4. The standard InChI is InChI=1S/C16H20O2.C8H14.C3H8O.2C2H6/c1-2-6-13-9-10-15(11-13)16(17)18-12-14-7-4-3-5-8-14;1-7(2)5-6-8(3)4;1-3(2)4;2*1-2/h3-5,7-10,13,15H,2,6,11-12H2,1H3;5-6H,1-4H3;3-4H,1-2H3;2*1-2H3. The van der Waals surface area contributed by atoms with E-state index in [0.717, 1.165) is 12.0 Å². The monoisotopic (exact) mass is 474 g/mol. The molecule has 3 nitrogen and oxygen atoms in total. The number of esters is 1. The number of benzene rings is 1. The maximum absolute atomic E-state index is 11.9. The van der Waals surface area contributed by atoms with Crippen LogP contribution in [0.4, 0.5) is 0 Å². The maximum atomic E-state index is 11.9. The molecule has 34 heavy (non-hydrogen) atoms. The van der Waals surface area contributed by atoms with Gasteiger partial charge in [-0.1, -0.05) is 107 Å². The number of carbonyl (C=O) groups excluding carboxylic acids is 1. The lowest BCUT2D eigenvalue weighted by molar-refractivity contribution is -0.148. The molecule has 1 aromatic rings. The third-order valence-electron chi connectivity index (χ3n) is 4.11. The van der Waals surface area contributed by atoms with Gasteiger partial charge in [-0.15, -0.1) is 0 Å². The summed E-state index contributed by atoms with van der Waals surface area (Å²) in [6, 6.07) is 9.81. The zero-order valence-corrected chi connectivity index (χ0v) is 24.0. The van der Waals surface area contributed by atoms with Crippen LogP contribution in [0.2, 0.25) is 0 Å². The fourth-order valence-corrected chi connectivity index (χ4v) is 2.70. The molecule has 0 saturated carbocycles. The summed E-state index contributed by atoms with van der Waals surface area (Å²) in [6.07, 6.45) is 11.5. The SMILES string of the molecule is CC.CC.CC(C)=CC=C(C)C.CC(C)O.CCCC1C=CC(C(=O)OCc2ccccc2)C1. The zero-order chi connectivity index (χ0) is 26.9. The van der Waals surface area contributed by atoms with Crippen molar-refractivity contribution in [3.8, 4) is 0 Å². The van der Waals surface area contributed by atoms with Crippen LogP contribution in [0.25, 0.3) is 0 Å². The molecule has 0 fully saturated rings. The maximum Gasteiger partial charge on any atom is 0.313 e. The molecular formula is C31H54O3. The highest BCUT2D eigenvalue weighted by Crippen LogP contribution is 2.28. The van der Waals surface area contributed by atoms with Crippen molar-refractivity contribution in [3.05, 3.63) is 71.3 Å². The molecule has 1 aromatic carbocycles. The van der Waals surface area contributed by atoms with Gasteiger partial charge in [0.15, 0.2) is 0 Å². The molecule has 1 aliphatic rings. The molecule has 0 spiro atoms. The summed E-state index contributed by atoms with van der Waals surface area (Å²) in [5, 5.41) is 8.06. The van der Waals surface area contributed by atoms with Gasteiger partial charge in [-0.3, -0.25) is 4.79 Å². The third kappa shape index (κ3) is 24.5. The highest BCUT2D eigenvalue weighted by Gasteiger charge is 2.25. The van der Waals surface area contributed by atoms with E-state index in [-0.39, 0.29) is 18.0 Å². The van der Waals surface area contributed by atoms with Gasteiger partial charge in [0.1, 0.15) is 6.61 Å². The third-order valence-corrected chi connectivity index (χ3v) is 4.11. The molecule has 0 radical (unpaired) electrons. The Labute approximate surface area is 212 Å². The van der Waals surface area contributed by atoms with Crippen molar-refractivity contribution in [3.63, 3.8) is 0 Å². The highest BCUT2D eigenvalue weighted by atomic mass is 16.5. The van der Waals surface area contributed by atoms with Gasteiger partial charge in [-0.05, 0) is 65.9 Å². The first kappa shape index (κ1) is 36.4. The number of hydrogen-bond acceptors (Lipinski definition) is 3. The Bertz CT molecular complexity index is 642. The van der Waals surface area contributed by atoms with Crippen LogP contribution in [0.1, 0.15) is 101 Å². The number of carbonyl (C=O) groups is 1. The second-order valence-corrected chi connectivity index (χ2v) is 8.45. The van der Waals surface area contributed by atoms with Gasteiger partial charge in [0, 0.05) is 6.10 Å². The van der Waals surface area contributed by atoms with Crippen molar-refractivity contribution < 1.29 is 14.6 Å². The molecule has 2 unspecified atom stereocenters. The fourth-order valence-electron chi connectivity index (χ4n) is 2.70. The van der Waals surface area contributed by atoms with Gasteiger partial charge in [0.2, 0.25) is 0 Å². The lowest BCUT2D eigenvalue weighted by Gasteiger charge is -2.11. The molecule has 0 aromatic heterocycles. The van der Waals surface area contributed by atoms with Gasteiger partial charge in [-0.2, -0.15) is 0 Å². The minimum Gasteiger partial charge on any atom is -0.460 e. The van der Waals surface area contributed by atoms with E-state index in [9.17, 15) is 4.79 Å². The van der Waals surface area contributed by atoms with E-state index < -0.39 is 0 Å². The topological polar surface area (TPSA) is 46.5 Å². The van der Waals surface area contributed by atoms with Crippen LogP contribution in [0.3, 0.4) is 0 Å². The Balaban J connectivity index is -0.000000502. The minimum absolute atomic E-state index is 0.0368. The van der Waals surface area contributed by atoms with E-state index in [1.54, 1.807) is 13.8 Å². The second kappa shape index (κ2) is 25.5. The molecule has 0 bridgehead atoms. The van der Waals surface area contributed by atoms with Crippen molar-refractivity contribution in [2.45, 2.75) is 108 Å². The first-order valence-electron chi connectivity index (χ1n) is 13.0. The number of allylic oxidation sites excluding steroid dienone is 5. The largest absolute Gasteiger partial charge is 0.460 e. The summed E-state index contributed by atoms with van der Waals surface area (Å²) in [7, 11) is 0. The van der Waals surface area contributed by atoms with Crippen LogP contribution in [0.5, 0.6) is 0 Å². The normalized spacial score (nSPS) is 15.0. The van der Waals surface area contributed by atoms with E-state index in [0.29, 0.717) is 12.5 Å². The molecular weight excluding hydrogens is 420 g/mol. The number of aliphatic hydroxyl groups is 1. The predicted octanol–water partition coefficient (Wildman–Crippen LogP) is 9.08. The molecule has 3 heteroatoms. The molecule has 0 saturated heterocycles. The number of rotatable bonds is 6. The molecule has 196 valence electrons. The van der Waals surface area contributed by atoms with E-state index in [2.05, 4.69) is 52.8 Å². The number of aliphatic hydroxyl groups excluding tert-OH is 1. The number of hydrogen-bond donors (Lipinski definition) is 1. The fraction of sp³-hybridized carbons (Fsp3) is 0.581. The molecule has 0 amide bonds. The van der Waals surface area contributed by atoms with Crippen LogP contribution < -0.4 is 0 Å². The van der Waals surface area contributed by atoms with E-state index in [1.807, 2.05) is 64.1 Å². The summed E-state index contributed by atoms with van der Waals surface area (Å²) >= 11 is 0. The van der Waals surface area contributed by atoms with E-state index in [1.165, 1.54) is 24.0 Å². The van der Waals surface area contributed by atoms with Gasteiger partial charge in [0.05, 0.1) is 5.92 Å². The van der Waals surface area contributed by atoms with Crippen molar-refractivity contribution in [2.24, 2.45) is 11.8 Å². The quantitative estimate of drug-likeness (QED) is 0.254. The Hall–Kier alpha value is -2.13. The molecule has 2 rings (SSSR count). The zero-order valence-electron chi connectivity index (χ0n) is 24.0. The summed E-state index contributed by atoms with van der Waals surface area (Å²) in [5.74, 6) is 0.434. The first-order valence-corrected chi connectivity index (χ1v) is 13.0. The van der Waals surface area contributed by atoms with Gasteiger partial charge in [-0.25, -0.2) is 0 Å². The van der Waals surface area contributed by atoms with Crippen LogP contribution in [0, 0.1) is 11.8 Å². The van der Waals surface area contributed by atoms with Gasteiger partial charge >= 0.3 is 5.97 Å². The van der Waals surface area contributed by atoms with E-state index in [4.69, 9.17) is 9.84 Å². The Morgan fingerprint density at radius 2 is 1.44 bits per heavy atom. The molecule has 2 atom stereocenters. The average molecular weight is 475 g/mol. The lowest BCUT2D eigenvalue weighted by Crippen LogP contribution is -2.15. The summed E-state index contributed by atoms with van der Waals surface area (Å²) < 4.78 is 5.35. The summed E-state index contributed by atoms with van der Waals surface area (Å²) in [4.78, 5) is 11.9. The van der Waals surface area contributed by atoms with Crippen molar-refractivity contribution in [2.75, 3.05) is 0 Å². The van der Waals surface area contributed by atoms with Gasteiger partial charge < -0.3 is 9.84 Å². The molecule has 0 heterocycles. The van der Waals surface area contributed by atoms with Crippen molar-refractivity contribution >= 4 is 5.97 Å². The van der Waals surface area contributed by atoms with E-state index >= 15 is 0 Å². The Kier molecular flexibility index (Phi) is 27.3. The smallest absolute Gasteiger partial charge is 0.313 e. The van der Waals surface area contributed by atoms with Crippen LogP contribution in [-0.4, -0.2) is 17.2 Å². The minimum atomic E-state index is -0.167. The van der Waals surface area contributed by atoms with Gasteiger partial charge in [0.25, 0.3) is 0 Å². The lowest BCUT2D eigenvalue weighted by atomic mass is 9.99. The van der Waals surface area contributed by atoms with Crippen LogP contribution in [-0.2, 0) is 16.1 Å². The molecule has 0 aliphatic heterocycles. The highest BCUT2D eigenvalue weighted by molar-refractivity contribution is 5.75. The predicted molar refractivity (Wildman–Crippen MR) is 151 cm³/mol. The molecule has 1 N–H and O–H groups in total. The number of ether oxygens (including phenoxy) is 1. The Morgan fingerprint density at radius 1 is 0.971 bits per heavy atom. The van der Waals surface area contributed by atoms with Crippen molar-refractivity contribution in [1.29, 1.82) is 0 Å². The van der Waals surface area contributed by atoms with Crippen LogP contribution in [0.15, 0.2) is 65.8 Å². The summed E-state index contributed by atoms with van der Waals surface area (Å²) in [5.41, 5.74) is 3.75. The molecule has 1 aliphatic carbocycles. The Morgan fingerprint density at radius 3 is 1.85 bits per heavy atom. The van der Waals surface area contributed by atoms with Crippen LogP contribution >= 0.6 is 0 Å².